The number of hydrogen-bond donors (Lipinski definition) is 2. The summed E-state index contributed by atoms with van der Waals surface area (Å²) >= 11 is 0. The Morgan fingerprint density at radius 1 is 1.08 bits per heavy atom. The number of aromatic nitrogens is 3. The van der Waals surface area contributed by atoms with Crippen LogP contribution < -0.4 is 10.5 Å². The maximum absolute atomic E-state index is 13.8. The van der Waals surface area contributed by atoms with Crippen molar-refractivity contribution < 1.29 is 18.6 Å². The number of aliphatic hydroxyl groups is 1. The molecule has 204 valence electrons. The third-order valence-corrected chi connectivity index (χ3v) is 7.86. The Morgan fingerprint density at radius 2 is 1.82 bits per heavy atom. The van der Waals surface area contributed by atoms with Gasteiger partial charge >= 0.3 is 0 Å². The molecule has 3 heterocycles. The normalized spacial score (nSPS) is 18.8. The molecular weight excluding hydrogens is 500 g/mol. The Bertz CT molecular complexity index is 1450. The standard InChI is InChI=1S/C30H33F2N5O2/c1-29(31,32)27(33)22-4-2-3-21(15-22)26-17-35-37-18-23(16-34-28(26)37)20-5-7-25(8-6-20)39-30(11-12-30)19-36-13-9-24(38)10-14-36/h2-8,15-18,24,27,38H,9-14,19,33H2,1H3. The number of nitrogens with two attached hydrogens (primary N) is 1. The van der Waals surface area contributed by atoms with Gasteiger partial charge in [-0.1, -0.05) is 30.3 Å². The van der Waals surface area contributed by atoms with Gasteiger partial charge in [-0.05, 0) is 60.6 Å². The maximum Gasteiger partial charge on any atom is 0.264 e. The van der Waals surface area contributed by atoms with Gasteiger partial charge in [-0.15, -0.1) is 0 Å². The molecule has 2 aliphatic rings. The lowest BCUT2D eigenvalue weighted by molar-refractivity contribution is -0.00617. The summed E-state index contributed by atoms with van der Waals surface area (Å²) in [6, 6.07) is 13.5. The van der Waals surface area contributed by atoms with Crippen LogP contribution in [0.4, 0.5) is 8.78 Å². The number of nitrogens with zero attached hydrogens (tertiary/aromatic N) is 4. The van der Waals surface area contributed by atoms with Crippen molar-refractivity contribution in [3.8, 4) is 28.0 Å². The number of hydrogen-bond acceptors (Lipinski definition) is 6. The summed E-state index contributed by atoms with van der Waals surface area (Å²) in [5.41, 5.74) is 10.0. The van der Waals surface area contributed by atoms with Gasteiger partial charge < -0.3 is 15.6 Å². The molecule has 1 saturated carbocycles. The number of fused-ring (bicyclic) bond motifs is 1. The zero-order chi connectivity index (χ0) is 27.2. The highest BCUT2D eigenvalue weighted by Gasteiger charge is 2.47. The third kappa shape index (κ3) is 5.52. The summed E-state index contributed by atoms with van der Waals surface area (Å²) in [7, 11) is 0. The van der Waals surface area contributed by atoms with E-state index in [0.717, 1.165) is 80.2 Å². The van der Waals surface area contributed by atoms with Crippen LogP contribution in [0.2, 0.25) is 0 Å². The fraction of sp³-hybridized carbons (Fsp3) is 0.400. The molecule has 1 atom stereocenters. The molecule has 3 N–H and O–H groups in total. The molecule has 0 radical (unpaired) electrons. The highest BCUT2D eigenvalue weighted by molar-refractivity contribution is 5.78. The second-order valence-electron chi connectivity index (χ2n) is 11.0. The van der Waals surface area contributed by atoms with Crippen molar-refractivity contribution >= 4 is 5.65 Å². The van der Waals surface area contributed by atoms with Gasteiger partial charge in [0.15, 0.2) is 5.65 Å². The lowest BCUT2D eigenvalue weighted by Crippen LogP contribution is -2.43. The van der Waals surface area contributed by atoms with Crippen LogP contribution in [-0.4, -0.2) is 61.9 Å². The van der Waals surface area contributed by atoms with Crippen molar-refractivity contribution in [1.29, 1.82) is 0 Å². The van der Waals surface area contributed by atoms with Crippen LogP contribution in [0.25, 0.3) is 27.9 Å². The Kier molecular flexibility index (Phi) is 6.61. The predicted octanol–water partition coefficient (Wildman–Crippen LogP) is 5.09. The van der Waals surface area contributed by atoms with Gasteiger partial charge in [-0.2, -0.15) is 5.10 Å². The smallest absolute Gasteiger partial charge is 0.264 e. The molecule has 1 aliphatic heterocycles. The van der Waals surface area contributed by atoms with E-state index < -0.39 is 12.0 Å². The first-order valence-corrected chi connectivity index (χ1v) is 13.5. The van der Waals surface area contributed by atoms with Crippen LogP contribution in [0.3, 0.4) is 0 Å². The fourth-order valence-electron chi connectivity index (χ4n) is 5.30. The number of aliphatic hydroxyl groups excluding tert-OH is 1. The van der Waals surface area contributed by atoms with E-state index in [4.69, 9.17) is 10.5 Å². The minimum atomic E-state index is -3.02. The van der Waals surface area contributed by atoms with Crippen LogP contribution >= 0.6 is 0 Å². The molecule has 1 saturated heterocycles. The summed E-state index contributed by atoms with van der Waals surface area (Å²) in [6.45, 7) is 3.57. The summed E-state index contributed by atoms with van der Waals surface area (Å²) < 4.78 is 35.7. The van der Waals surface area contributed by atoms with Crippen molar-refractivity contribution in [3.63, 3.8) is 0 Å². The number of ether oxygens (including phenoxy) is 1. The summed E-state index contributed by atoms with van der Waals surface area (Å²) in [5, 5.41) is 14.2. The van der Waals surface area contributed by atoms with Crippen LogP contribution in [0, 0.1) is 0 Å². The van der Waals surface area contributed by atoms with Crippen molar-refractivity contribution in [1.82, 2.24) is 19.5 Å². The molecule has 39 heavy (non-hydrogen) atoms. The number of likely N-dealkylation sites (tertiary alicyclic amines) is 1. The number of alkyl halides is 2. The number of halogens is 2. The Morgan fingerprint density at radius 3 is 2.51 bits per heavy atom. The zero-order valence-corrected chi connectivity index (χ0v) is 21.9. The van der Waals surface area contributed by atoms with E-state index in [9.17, 15) is 13.9 Å². The second-order valence-corrected chi connectivity index (χ2v) is 11.0. The molecule has 1 unspecified atom stereocenters. The van der Waals surface area contributed by atoms with Gasteiger partial charge in [0.05, 0.1) is 18.3 Å². The molecule has 2 aromatic heterocycles. The third-order valence-electron chi connectivity index (χ3n) is 7.86. The highest BCUT2D eigenvalue weighted by atomic mass is 19.3. The number of benzene rings is 2. The van der Waals surface area contributed by atoms with E-state index >= 15 is 0 Å². The zero-order valence-electron chi connectivity index (χ0n) is 21.9. The van der Waals surface area contributed by atoms with Gasteiger partial charge in [0.25, 0.3) is 5.92 Å². The molecule has 1 aliphatic carbocycles. The molecule has 7 nitrogen and oxygen atoms in total. The fourth-order valence-corrected chi connectivity index (χ4v) is 5.30. The van der Waals surface area contributed by atoms with E-state index in [1.165, 1.54) is 0 Å². The summed E-state index contributed by atoms with van der Waals surface area (Å²) in [5.74, 6) is -2.18. The molecule has 6 rings (SSSR count). The minimum Gasteiger partial charge on any atom is -0.486 e. The Balaban J connectivity index is 1.17. The molecule has 0 spiro atoms. The van der Waals surface area contributed by atoms with E-state index in [2.05, 4.69) is 15.0 Å². The van der Waals surface area contributed by atoms with Crippen LogP contribution in [0.15, 0.2) is 67.1 Å². The van der Waals surface area contributed by atoms with Gasteiger partial charge in [0.1, 0.15) is 11.4 Å². The monoisotopic (exact) mass is 533 g/mol. The average Bonchev–Trinajstić information content (AvgIpc) is 3.54. The van der Waals surface area contributed by atoms with Gasteiger partial charge in [-0.25, -0.2) is 18.3 Å². The van der Waals surface area contributed by atoms with E-state index in [1.54, 1.807) is 35.1 Å². The van der Waals surface area contributed by atoms with E-state index in [1.807, 2.05) is 36.5 Å². The molecule has 2 fully saturated rings. The van der Waals surface area contributed by atoms with Gasteiger partial charge in [-0.3, -0.25) is 4.90 Å². The van der Waals surface area contributed by atoms with Crippen LogP contribution in [-0.2, 0) is 0 Å². The first-order valence-electron chi connectivity index (χ1n) is 13.5. The van der Waals surface area contributed by atoms with Gasteiger partial charge in [0.2, 0.25) is 0 Å². The maximum atomic E-state index is 13.8. The topological polar surface area (TPSA) is 88.9 Å². The quantitative estimate of drug-likeness (QED) is 0.328. The molecule has 4 aromatic rings. The summed E-state index contributed by atoms with van der Waals surface area (Å²) in [4.78, 5) is 7.05. The van der Waals surface area contributed by atoms with Crippen molar-refractivity contribution in [2.75, 3.05) is 19.6 Å². The van der Waals surface area contributed by atoms with E-state index in [0.29, 0.717) is 11.2 Å². The highest BCUT2D eigenvalue weighted by Crippen LogP contribution is 2.42. The molecule has 0 bridgehead atoms. The molecule has 0 amide bonds. The average molecular weight is 534 g/mol. The van der Waals surface area contributed by atoms with Crippen molar-refractivity contribution in [3.05, 3.63) is 72.7 Å². The first-order chi connectivity index (χ1) is 18.7. The number of rotatable bonds is 8. The first kappa shape index (κ1) is 25.9. The lowest BCUT2D eigenvalue weighted by Gasteiger charge is -2.32. The largest absolute Gasteiger partial charge is 0.486 e. The molecule has 9 heteroatoms. The van der Waals surface area contributed by atoms with Crippen LogP contribution in [0.1, 0.15) is 44.2 Å². The SMILES string of the molecule is CC(F)(F)C(N)c1cccc(-c2cnn3cc(-c4ccc(OC5(CN6CCC(O)CC6)CC5)cc4)cnc23)c1. The Hall–Kier alpha value is -3.40. The minimum absolute atomic E-state index is 0.121. The number of piperidine rings is 1. The summed E-state index contributed by atoms with van der Waals surface area (Å²) in [6.07, 6.45) is 8.98. The van der Waals surface area contributed by atoms with Gasteiger partial charge in [0, 0.05) is 50.1 Å². The predicted molar refractivity (Wildman–Crippen MR) is 146 cm³/mol. The Labute approximate surface area is 226 Å². The van der Waals surface area contributed by atoms with Crippen LogP contribution in [0.5, 0.6) is 5.75 Å². The lowest BCUT2D eigenvalue weighted by atomic mass is 9.98. The molecular formula is C30H33F2N5O2. The second kappa shape index (κ2) is 9.97. The van der Waals surface area contributed by atoms with Crippen molar-refractivity contribution in [2.24, 2.45) is 5.73 Å². The van der Waals surface area contributed by atoms with Crippen molar-refractivity contribution in [2.45, 2.75) is 56.3 Å². The van der Waals surface area contributed by atoms with E-state index in [-0.39, 0.29) is 11.7 Å². The molecule has 2 aromatic carbocycles.